The van der Waals surface area contributed by atoms with Gasteiger partial charge in [0.15, 0.2) is 0 Å². The Morgan fingerprint density at radius 3 is 2.90 bits per heavy atom. The molecule has 2 N–H and O–H groups in total. The van der Waals surface area contributed by atoms with E-state index in [1.54, 1.807) is 11.6 Å². The number of amides is 1. The highest BCUT2D eigenvalue weighted by molar-refractivity contribution is 5.90. The van der Waals surface area contributed by atoms with Gasteiger partial charge in [0.05, 0.1) is 5.69 Å². The van der Waals surface area contributed by atoms with Gasteiger partial charge in [0.1, 0.15) is 5.65 Å². The number of hydrogen-bond donors (Lipinski definition) is 2. The lowest BCUT2D eigenvalue weighted by molar-refractivity contribution is -0.124. The molecular weight excluding hydrogens is 364 g/mol. The summed E-state index contributed by atoms with van der Waals surface area (Å²) in [6.07, 6.45) is 8.44. The van der Waals surface area contributed by atoms with Crippen molar-refractivity contribution in [3.05, 3.63) is 77.3 Å². The van der Waals surface area contributed by atoms with E-state index in [0.29, 0.717) is 6.04 Å². The third-order valence-electron chi connectivity index (χ3n) is 5.69. The summed E-state index contributed by atoms with van der Waals surface area (Å²) in [5.74, 6) is -0.529. The standard InChI is InChI=1S/C23H26N4O2/c1-17-20(27-15-3-2-6-22(27)24-17)13-16-26-14-4-5-21(26)19-10-7-18(8-11-19)9-12-23(28)25-29/h2-3,6-12,15,21,29H,4-5,13-14,16H2,1H3,(H,25,28)/b12-9+. The Morgan fingerprint density at radius 2 is 2.10 bits per heavy atom. The van der Waals surface area contributed by atoms with Crippen LogP contribution in [-0.4, -0.2) is 38.5 Å². The number of aryl methyl sites for hydroxylation is 1. The summed E-state index contributed by atoms with van der Waals surface area (Å²) in [4.78, 5) is 18.4. The Bertz CT molecular complexity index is 1020. The second kappa shape index (κ2) is 8.59. The van der Waals surface area contributed by atoms with Gasteiger partial charge in [0, 0.05) is 37.0 Å². The van der Waals surface area contributed by atoms with Crippen molar-refractivity contribution in [3.63, 3.8) is 0 Å². The molecule has 1 aliphatic heterocycles. The average Bonchev–Trinajstić information content (AvgIpc) is 3.34. The van der Waals surface area contributed by atoms with Crippen LogP contribution in [0.25, 0.3) is 11.7 Å². The van der Waals surface area contributed by atoms with Gasteiger partial charge < -0.3 is 4.40 Å². The third-order valence-corrected chi connectivity index (χ3v) is 5.69. The first-order valence-electron chi connectivity index (χ1n) is 10.0. The molecule has 0 radical (unpaired) electrons. The molecule has 6 nitrogen and oxygen atoms in total. The van der Waals surface area contributed by atoms with E-state index in [4.69, 9.17) is 5.21 Å². The van der Waals surface area contributed by atoms with E-state index < -0.39 is 5.91 Å². The van der Waals surface area contributed by atoms with Crippen LogP contribution in [0, 0.1) is 6.92 Å². The van der Waals surface area contributed by atoms with Crippen LogP contribution in [0.15, 0.2) is 54.7 Å². The lowest BCUT2D eigenvalue weighted by Crippen LogP contribution is -2.26. The van der Waals surface area contributed by atoms with Crippen molar-refractivity contribution in [2.45, 2.75) is 32.2 Å². The largest absolute Gasteiger partial charge is 0.304 e. The first-order chi connectivity index (χ1) is 14.2. The molecular formula is C23H26N4O2. The molecule has 6 heteroatoms. The summed E-state index contributed by atoms with van der Waals surface area (Å²) in [6.45, 7) is 4.21. The lowest BCUT2D eigenvalue weighted by Gasteiger charge is -2.25. The first-order valence-corrected chi connectivity index (χ1v) is 10.0. The Kier molecular flexibility index (Phi) is 5.74. The number of fused-ring (bicyclic) bond motifs is 1. The summed E-state index contributed by atoms with van der Waals surface area (Å²) in [5.41, 5.74) is 7.24. The Hall–Kier alpha value is -2.96. The summed E-state index contributed by atoms with van der Waals surface area (Å²) in [5, 5.41) is 8.56. The van der Waals surface area contributed by atoms with E-state index >= 15 is 0 Å². The van der Waals surface area contributed by atoms with Gasteiger partial charge >= 0.3 is 0 Å². The van der Waals surface area contributed by atoms with E-state index in [2.05, 4.69) is 51.7 Å². The van der Waals surface area contributed by atoms with Gasteiger partial charge in [-0.05, 0) is 55.6 Å². The van der Waals surface area contributed by atoms with E-state index in [9.17, 15) is 4.79 Å². The SMILES string of the molecule is Cc1nc2ccccn2c1CCN1CCCC1c1ccc(/C=C/C(=O)NO)cc1. The van der Waals surface area contributed by atoms with Crippen molar-refractivity contribution in [2.75, 3.05) is 13.1 Å². The number of nitrogens with zero attached hydrogens (tertiary/aromatic N) is 3. The van der Waals surface area contributed by atoms with Gasteiger partial charge in [0.2, 0.25) is 0 Å². The van der Waals surface area contributed by atoms with Gasteiger partial charge in [-0.3, -0.25) is 14.9 Å². The molecule has 2 aromatic heterocycles. The zero-order valence-electron chi connectivity index (χ0n) is 16.6. The number of aromatic nitrogens is 2. The van der Waals surface area contributed by atoms with Crippen LogP contribution in [0.5, 0.6) is 0 Å². The summed E-state index contributed by atoms with van der Waals surface area (Å²) in [7, 11) is 0. The number of nitrogens with one attached hydrogen (secondary N) is 1. The Balaban J connectivity index is 1.44. The molecule has 1 aliphatic rings. The molecule has 4 rings (SSSR count). The molecule has 0 bridgehead atoms. The molecule has 1 saturated heterocycles. The molecule has 0 saturated carbocycles. The third kappa shape index (κ3) is 4.23. The van der Waals surface area contributed by atoms with Crippen LogP contribution >= 0.6 is 0 Å². The van der Waals surface area contributed by atoms with Crippen LogP contribution in [0.2, 0.25) is 0 Å². The minimum Gasteiger partial charge on any atom is -0.304 e. The number of hydroxylamine groups is 1. The molecule has 1 amide bonds. The van der Waals surface area contributed by atoms with Crippen LogP contribution < -0.4 is 5.48 Å². The van der Waals surface area contributed by atoms with Gasteiger partial charge in [-0.1, -0.05) is 30.3 Å². The monoisotopic (exact) mass is 390 g/mol. The number of imidazole rings is 1. The molecule has 3 heterocycles. The lowest BCUT2D eigenvalue weighted by atomic mass is 10.0. The maximum absolute atomic E-state index is 11.1. The minimum atomic E-state index is -0.529. The molecule has 1 unspecified atom stereocenters. The molecule has 1 atom stereocenters. The van der Waals surface area contributed by atoms with Crippen molar-refractivity contribution >= 4 is 17.6 Å². The zero-order chi connectivity index (χ0) is 20.2. The molecule has 150 valence electrons. The highest BCUT2D eigenvalue weighted by Gasteiger charge is 2.26. The second-order valence-electron chi connectivity index (χ2n) is 7.49. The number of benzene rings is 1. The first kappa shape index (κ1) is 19.4. The maximum Gasteiger partial charge on any atom is 0.267 e. The molecule has 0 aliphatic carbocycles. The van der Waals surface area contributed by atoms with Crippen molar-refractivity contribution < 1.29 is 10.0 Å². The minimum absolute atomic E-state index is 0.424. The maximum atomic E-state index is 11.1. The van der Waals surface area contributed by atoms with Crippen LogP contribution in [0.1, 0.15) is 41.4 Å². The number of hydrogen-bond acceptors (Lipinski definition) is 4. The fraction of sp³-hybridized carbons (Fsp3) is 0.304. The van der Waals surface area contributed by atoms with Gasteiger partial charge in [-0.15, -0.1) is 0 Å². The Morgan fingerprint density at radius 1 is 1.28 bits per heavy atom. The number of carbonyl (C=O) groups is 1. The molecule has 3 aromatic rings. The molecule has 0 spiro atoms. The number of rotatable bonds is 6. The van der Waals surface area contributed by atoms with Crippen molar-refractivity contribution in [1.29, 1.82) is 0 Å². The molecule has 1 fully saturated rings. The fourth-order valence-electron chi connectivity index (χ4n) is 4.22. The average molecular weight is 390 g/mol. The van der Waals surface area contributed by atoms with Crippen molar-refractivity contribution in [3.8, 4) is 0 Å². The highest BCUT2D eigenvalue weighted by Crippen LogP contribution is 2.32. The van der Waals surface area contributed by atoms with E-state index in [0.717, 1.165) is 42.8 Å². The van der Waals surface area contributed by atoms with Gasteiger partial charge in [-0.25, -0.2) is 10.5 Å². The van der Waals surface area contributed by atoms with Crippen LogP contribution in [0.3, 0.4) is 0 Å². The quantitative estimate of drug-likeness (QED) is 0.384. The van der Waals surface area contributed by atoms with E-state index in [1.165, 1.54) is 23.8 Å². The van der Waals surface area contributed by atoms with E-state index in [-0.39, 0.29) is 0 Å². The fourth-order valence-corrected chi connectivity index (χ4v) is 4.22. The second-order valence-corrected chi connectivity index (χ2v) is 7.49. The van der Waals surface area contributed by atoms with Crippen LogP contribution in [-0.2, 0) is 11.2 Å². The number of likely N-dealkylation sites (tertiary alicyclic amines) is 1. The molecule has 29 heavy (non-hydrogen) atoms. The predicted octanol–water partition coefficient (Wildman–Crippen LogP) is 3.54. The van der Waals surface area contributed by atoms with Crippen LogP contribution in [0.4, 0.5) is 0 Å². The number of carbonyl (C=O) groups excluding carboxylic acids is 1. The normalized spacial score (nSPS) is 17.4. The smallest absolute Gasteiger partial charge is 0.267 e. The van der Waals surface area contributed by atoms with Gasteiger partial charge in [0.25, 0.3) is 5.91 Å². The summed E-state index contributed by atoms with van der Waals surface area (Å²) in [6, 6.07) is 14.9. The zero-order valence-corrected chi connectivity index (χ0v) is 16.6. The van der Waals surface area contributed by atoms with E-state index in [1.807, 2.05) is 18.2 Å². The van der Waals surface area contributed by atoms with Gasteiger partial charge in [-0.2, -0.15) is 0 Å². The topological polar surface area (TPSA) is 69.9 Å². The summed E-state index contributed by atoms with van der Waals surface area (Å²) < 4.78 is 2.20. The molecule has 1 aromatic carbocycles. The van der Waals surface area contributed by atoms with Crippen molar-refractivity contribution in [2.24, 2.45) is 0 Å². The Labute approximate surface area is 170 Å². The predicted molar refractivity (Wildman–Crippen MR) is 113 cm³/mol. The highest BCUT2D eigenvalue weighted by atomic mass is 16.5. The van der Waals surface area contributed by atoms with Crippen molar-refractivity contribution in [1.82, 2.24) is 19.8 Å². The number of pyridine rings is 1. The summed E-state index contributed by atoms with van der Waals surface area (Å²) >= 11 is 0.